The lowest BCUT2D eigenvalue weighted by Gasteiger charge is -2.27. The number of carboxylic acid groups (broad SMARTS) is 1. The molecular formula is C35H28N2O4. The first kappa shape index (κ1) is 27.1. The molecule has 0 aliphatic rings. The molecule has 6 heteroatoms. The van der Waals surface area contributed by atoms with Gasteiger partial charge in [0.05, 0.1) is 18.7 Å². The predicted octanol–water partition coefficient (Wildman–Crippen LogP) is 7.08. The van der Waals surface area contributed by atoms with Crippen LogP contribution in [0.15, 0.2) is 140 Å². The molecule has 5 aromatic rings. The third kappa shape index (κ3) is 6.23. The Balaban J connectivity index is 1.54. The Morgan fingerprint density at radius 2 is 0.854 bits per heavy atom. The number of aromatic carboxylic acids is 1. The van der Waals surface area contributed by atoms with Crippen molar-refractivity contribution >= 4 is 29.2 Å². The largest absolute Gasteiger partial charge is 0.478 e. The quantitative estimate of drug-likeness (QED) is 0.217. The van der Waals surface area contributed by atoms with Crippen molar-refractivity contribution in [1.82, 2.24) is 0 Å². The monoisotopic (exact) mass is 540 g/mol. The summed E-state index contributed by atoms with van der Waals surface area (Å²) in [5, 5.41) is 9.76. The number of para-hydroxylation sites is 2. The highest BCUT2D eigenvalue weighted by Gasteiger charge is 2.25. The number of rotatable bonds is 9. The molecule has 0 saturated heterocycles. The molecule has 0 radical (unpaired) electrons. The zero-order valence-corrected chi connectivity index (χ0v) is 22.3. The van der Waals surface area contributed by atoms with Crippen LogP contribution in [0.25, 0.3) is 0 Å². The second-order valence-corrected chi connectivity index (χ2v) is 9.44. The van der Waals surface area contributed by atoms with Crippen LogP contribution < -0.4 is 9.80 Å². The van der Waals surface area contributed by atoms with Crippen molar-refractivity contribution in [2.75, 3.05) is 9.80 Å². The van der Waals surface area contributed by atoms with Gasteiger partial charge in [-0.25, -0.2) is 4.79 Å². The van der Waals surface area contributed by atoms with Crippen molar-refractivity contribution in [2.45, 2.75) is 13.1 Å². The molecule has 0 atom stereocenters. The summed E-state index contributed by atoms with van der Waals surface area (Å²) >= 11 is 0. The average molecular weight is 541 g/mol. The maximum atomic E-state index is 14.3. The highest BCUT2D eigenvalue weighted by Crippen LogP contribution is 2.26. The van der Waals surface area contributed by atoms with Gasteiger partial charge in [0.15, 0.2) is 0 Å². The molecule has 2 amide bonds. The van der Waals surface area contributed by atoms with Gasteiger partial charge in [-0.05, 0) is 59.7 Å². The number of carboxylic acids is 1. The first-order chi connectivity index (χ1) is 20.0. The molecule has 0 bridgehead atoms. The van der Waals surface area contributed by atoms with E-state index in [4.69, 9.17) is 0 Å². The summed E-state index contributed by atoms with van der Waals surface area (Å²) in [5.41, 5.74) is 3.62. The van der Waals surface area contributed by atoms with Crippen molar-refractivity contribution in [3.05, 3.63) is 167 Å². The summed E-state index contributed by atoms with van der Waals surface area (Å²) in [6.45, 7) is 0.221. The summed E-state index contributed by atoms with van der Waals surface area (Å²) in [6.07, 6.45) is 0. The average Bonchev–Trinajstić information content (AvgIpc) is 3.03. The Hall–Kier alpha value is -5.49. The third-order valence-electron chi connectivity index (χ3n) is 6.80. The standard InChI is InChI=1S/C35H28N2O4/c38-33(26-14-4-1-5-15-26)36(29-18-6-2-7-19-29)24-27-16-10-12-22-31(27)34(39)37(30-20-8-3-9-21-30)25-28-17-11-13-23-32(28)35(40)41/h1-23H,24-25H2,(H,40,41). The van der Waals surface area contributed by atoms with Gasteiger partial charge < -0.3 is 14.9 Å². The Morgan fingerprint density at radius 3 is 1.37 bits per heavy atom. The van der Waals surface area contributed by atoms with Crippen LogP contribution in [-0.4, -0.2) is 22.9 Å². The van der Waals surface area contributed by atoms with Crippen LogP contribution in [0.1, 0.15) is 42.2 Å². The number of anilines is 2. The van der Waals surface area contributed by atoms with Crippen molar-refractivity contribution in [2.24, 2.45) is 0 Å². The molecule has 0 spiro atoms. The van der Waals surface area contributed by atoms with E-state index in [2.05, 4.69) is 0 Å². The van der Waals surface area contributed by atoms with E-state index >= 15 is 0 Å². The fourth-order valence-electron chi connectivity index (χ4n) is 4.73. The maximum absolute atomic E-state index is 14.3. The fourth-order valence-corrected chi connectivity index (χ4v) is 4.73. The van der Waals surface area contributed by atoms with Crippen molar-refractivity contribution in [3.8, 4) is 0 Å². The lowest BCUT2D eigenvalue weighted by Crippen LogP contribution is -2.34. The van der Waals surface area contributed by atoms with Gasteiger partial charge in [-0.2, -0.15) is 0 Å². The smallest absolute Gasteiger partial charge is 0.336 e. The Bertz CT molecular complexity index is 1650. The third-order valence-corrected chi connectivity index (χ3v) is 6.80. The van der Waals surface area contributed by atoms with E-state index in [1.54, 1.807) is 52.3 Å². The highest BCUT2D eigenvalue weighted by atomic mass is 16.4. The molecule has 0 heterocycles. The molecular weight excluding hydrogens is 512 g/mol. The van der Waals surface area contributed by atoms with E-state index in [-0.39, 0.29) is 30.5 Å². The normalized spacial score (nSPS) is 10.5. The summed E-state index contributed by atoms with van der Waals surface area (Å²) in [4.78, 5) is 43.2. The van der Waals surface area contributed by atoms with E-state index in [0.29, 0.717) is 33.6 Å². The topological polar surface area (TPSA) is 77.9 Å². The summed E-state index contributed by atoms with van der Waals surface area (Å²) in [6, 6.07) is 41.5. The Labute approximate surface area is 238 Å². The first-order valence-electron chi connectivity index (χ1n) is 13.2. The molecule has 0 aliphatic heterocycles. The number of carbonyl (C=O) groups excluding carboxylic acids is 2. The number of hydrogen-bond donors (Lipinski definition) is 1. The van der Waals surface area contributed by atoms with Crippen LogP contribution >= 0.6 is 0 Å². The zero-order valence-electron chi connectivity index (χ0n) is 22.3. The van der Waals surface area contributed by atoms with Gasteiger partial charge in [0.1, 0.15) is 0 Å². The molecule has 5 aromatic carbocycles. The molecule has 0 aromatic heterocycles. The van der Waals surface area contributed by atoms with Gasteiger partial charge in [0, 0.05) is 22.5 Å². The lowest BCUT2D eigenvalue weighted by molar-refractivity contribution is 0.0694. The SMILES string of the molecule is O=C(O)c1ccccc1CN(C(=O)c1ccccc1CN(C(=O)c1ccccc1)c1ccccc1)c1ccccc1. The van der Waals surface area contributed by atoms with Crippen LogP contribution in [-0.2, 0) is 13.1 Å². The van der Waals surface area contributed by atoms with Crippen molar-refractivity contribution in [1.29, 1.82) is 0 Å². The number of benzene rings is 5. The molecule has 0 fully saturated rings. The lowest BCUT2D eigenvalue weighted by atomic mass is 10.0. The van der Waals surface area contributed by atoms with Gasteiger partial charge in [-0.15, -0.1) is 0 Å². The molecule has 0 saturated carbocycles. The van der Waals surface area contributed by atoms with Crippen LogP contribution in [0.5, 0.6) is 0 Å². The van der Waals surface area contributed by atoms with E-state index in [1.165, 1.54) is 6.07 Å². The van der Waals surface area contributed by atoms with Gasteiger partial charge in [0.25, 0.3) is 11.8 Å². The number of hydrogen-bond acceptors (Lipinski definition) is 3. The van der Waals surface area contributed by atoms with Gasteiger partial charge in [0.2, 0.25) is 0 Å². The molecule has 0 aliphatic carbocycles. The molecule has 0 unspecified atom stereocenters. The van der Waals surface area contributed by atoms with Gasteiger partial charge >= 0.3 is 5.97 Å². The molecule has 6 nitrogen and oxygen atoms in total. The van der Waals surface area contributed by atoms with Crippen LogP contribution in [0.3, 0.4) is 0 Å². The Morgan fingerprint density at radius 1 is 0.463 bits per heavy atom. The van der Waals surface area contributed by atoms with E-state index in [0.717, 1.165) is 0 Å². The number of carbonyl (C=O) groups is 3. The van der Waals surface area contributed by atoms with Gasteiger partial charge in [-0.3, -0.25) is 9.59 Å². The first-order valence-corrected chi connectivity index (χ1v) is 13.2. The van der Waals surface area contributed by atoms with Crippen LogP contribution in [0, 0.1) is 0 Å². The van der Waals surface area contributed by atoms with Crippen molar-refractivity contribution < 1.29 is 19.5 Å². The summed E-state index contributed by atoms with van der Waals surface area (Å²) in [7, 11) is 0. The second-order valence-electron chi connectivity index (χ2n) is 9.44. The number of nitrogens with zero attached hydrogens (tertiary/aromatic N) is 2. The molecule has 5 rings (SSSR count). The Kier molecular flexibility index (Phi) is 8.31. The van der Waals surface area contributed by atoms with E-state index in [1.807, 2.05) is 91.0 Å². The minimum atomic E-state index is -1.06. The minimum absolute atomic E-state index is 0.0605. The summed E-state index contributed by atoms with van der Waals surface area (Å²) < 4.78 is 0. The fraction of sp³-hybridized carbons (Fsp3) is 0.0571. The second kappa shape index (κ2) is 12.6. The van der Waals surface area contributed by atoms with Crippen LogP contribution in [0.2, 0.25) is 0 Å². The zero-order chi connectivity index (χ0) is 28.6. The number of amides is 2. The molecule has 1 N–H and O–H groups in total. The summed E-state index contributed by atoms with van der Waals surface area (Å²) in [5.74, 6) is -1.54. The van der Waals surface area contributed by atoms with E-state index in [9.17, 15) is 19.5 Å². The predicted molar refractivity (Wildman–Crippen MR) is 160 cm³/mol. The molecule has 202 valence electrons. The maximum Gasteiger partial charge on any atom is 0.336 e. The minimum Gasteiger partial charge on any atom is -0.478 e. The van der Waals surface area contributed by atoms with Crippen LogP contribution in [0.4, 0.5) is 11.4 Å². The van der Waals surface area contributed by atoms with E-state index < -0.39 is 5.97 Å². The van der Waals surface area contributed by atoms with Crippen molar-refractivity contribution in [3.63, 3.8) is 0 Å². The van der Waals surface area contributed by atoms with Gasteiger partial charge in [-0.1, -0.05) is 91.0 Å². The molecule has 41 heavy (non-hydrogen) atoms. The highest BCUT2D eigenvalue weighted by molar-refractivity contribution is 6.09.